The second-order valence-corrected chi connectivity index (χ2v) is 8.88. The van der Waals surface area contributed by atoms with Crippen LogP contribution in [-0.4, -0.2) is 24.9 Å². The van der Waals surface area contributed by atoms with E-state index in [1.165, 1.54) is 6.07 Å². The standard InChI is InChI=1S/C13H20NO3P/c1-13(2,3)17-12(15)9-6-10(14)8-11(7-9)18(4,5)16/h6-8H,14H2,1-5H3. The molecule has 0 aliphatic carbocycles. The lowest BCUT2D eigenvalue weighted by molar-refractivity contribution is 0.00697. The third-order valence-electron chi connectivity index (χ3n) is 2.20. The molecule has 0 saturated heterocycles. The van der Waals surface area contributed by atoms with Crippen molar-refractivity contribution in [3.8, 4) is 0 Å². The first kappa shape index (κ1) is 14.8. The Balaban J connectivity index is 3.15. The number of hydrogen-bond donors (Lipinski definition) is 1. The fourth-order valence-electron chi connectivity index (χ4n) is 1.40. The van der Waals surface area contributed by atoms with Gasteiger partial charge in [-0.2, -0.15) is 0 Å². The maximum atomic E-state index is 12.0. The van der Waals surface area contributed by atoms with E-state index in [4.69, 9.17) is 10.5 Å². The molecular weight excluding hydrogens is 249 g/mol. The molecule has 0 heterocycles. The van der Waals surface area contributed by atoms with Gasteiger partial charge in [0.15, 0.2) is 0 Å². The van der Waals surface area contributed by atoms with Crippen LogP contribution in [0.1, 0.15) is 31.1 Å². The quantitative estimate of drug-likeness (QED) is 0.508. The molecular formula is C13H20NO3P. The van der Waals surface area contributed by atoms with Crippen LogP contribution in [0.15, 0.2) is 18.2 Å². The molecule has 100 valence electrons. The van der Waals surface area contributed by atoms with Crippen LogP contribution in [-0.2, 0) is 9.30 Å². The normalized spacial score (nSPS) is 12.3. The summed E-state index contributed by atoms with van der Waals surface area (Å²) in [7, 11) is -2.45. The van der Waals surface area contributed by atoms with E-state index in [1.807, 2.05) is 0 Å². The van der Waals surface area contributed by atoms with Crippen LogP contribution in [0.5, 0.6) is 0 Å². The largest absolute Gasteiger partial charge is 0.456 e. The number of ether oxygens (including phenoxy) is 1. The van der Waals surface area contributed by atoms with Gasteiger partial charge in [-0.3, -0.25) is 0 Å². The Hall–Kier alpha value is -1.28. The molecule has 5 heteroatoms. The Morgan fingerprint density at radius 2 is 1.78 bits per heavy atom. The van der Waals surface area contributed by atoms with E-state index in [0.29, 0.717) is 16.6 Å². The molecule has 0 aliphatic rings. The summed E-state index contributed by atoms with van der Waals surface area (Å²) in [6.45, 7) is 8.66. The van der Waals surface area contributed by atoms with Crippen molar-refractivity contribution in [2.75, 3.05) is 19.1 Å². The number of anilines is 1. The molecule has 0 aliphatic heterocycles. The second kappa shape index (κ2) is 4.77. The molecule has 0 bridgehead atoms. The molecule has 0 fully saturated rings. The highest BCUT2D eigenvalue weighted by Crippen LogP contribution is 2.35. The van der Waals surface area contributed by atoms with E-state index in [-0.39, 0.29) is 0 Å². The number of benzene rings is 1. The zero-order valence-corrected chi connectivity index (χ0v) is 12.4. The van der Waals surface area contributed by atoms with Gasteiger partial charge in [0, 0.05) is 11.0 Å². The van der Waals surface area contributed by atoms with E-state index in [0.717, 1.165) is 0 Å². The van der Waals surface area contributed by atoms with Crippen LogP contribution < -0.4 is 11.0 Å². The minimum Gasteiger partial charge on any atom is -0.456 e. The maximum Gasteiger partial charge on any atom is 0.338 e. The highest BCUT2D eigenvalue weighted by molar-refractivity contribution is 7.70. The molecule has 0 atom stereocenters. The number of carbonyl (C=O) groups is 1. The molecule has 4 nitrogen and oxygen atoms in total. The summed E-state index contributed by atoms with van der Waals surface area (Å²) in [6, 6.07) is 4.76. The van der Waals surface area contributed by atoms with Gasteiger partial charge in [0.05, 0.1) is 5.56 Å². The average molecular weight is 269 g/mol. The van der Waals surface area contributed by atoms with E-state index in [1.54, 1.807) is 46.2 Å². The minimum absolute atomic E-state index is 0.337. The van der Waals surface area contributed by atoms with Gasteiger partial charge in [0.25, 0.3) is 0 Å². The molecule has 2 N–H and O–H groups in total. The van der Waals surface area contributed by atoms with Gasteiger partial charge in [-0.05, 0) is 52.3 Å². The number of esters is 1. The molecule has 0 unspecified atom stereocenters. The Bertz CT molecular complexity index is 511. The third-order valence-corrected chi connectivity index (χ3v) is 3.70. The topological polar surface area (TPSA) is 69.4 Å². The molecule has 0 saturated carbocycles. The Morgan fingerprint density at radius 1 is 1.22 bits per heavy atom. The second-order valence-electron chi connectivity index (χ2n) is 5.67. The molecule has 18 heavy (non-hydrogen) atoms. The number of hydrogen-bond acceptors (Lipinski definition) is 4. The van der Waals surface area contributed by atoms with Gasteiger partial charge in [0.2, 0.25) is 0 Å². The van der Waals surface area contributed by atoms with Crippen LogP contribution in [0, 0.1) is 0 Å². The van der Waals surface area contributed by atoms with Crippen molar-refractivity contribution in [2.24, 2.45) is 0 Å². The highest BCUT2D eigenvalue weighted by atomic mass is 31.2. The van der Waals surface area contributed by atoms with E-state index in [2.05, 4.69) is 0 Å². The van der Waals surface area contributed by atoms with Crippen LogP contribution in [0.3, 0.4) is 0 Å². The van der Waals surface area contributed by atoms with Crippen LogP contribution in [0.2, 0.25) is 0 Å². The first-order valence-electron chi connectivity index (χ1n) is 5.68. The molecule has 0 radical (unpaired) electrons. The van der Waals surface area contributed by atoms with E-state index >= 15 is 0 Å². The van der Waals surface area contributed by atoms with Crippen molar-refractivity contribution >= 4 is 24.1 Å². The van der Waals surface area contributed by atoms with Gasteiger partial charge in [-0.15, -0.1) is 0 Å². The van der Waals surface area contributed by atoms with Gasteiger partial charge >= 0.3 is 5.97 Å². The molecule has 0 amide bonds. The summed E-state index contributed by atoms with van der Waals surface area (Å²) in [4.78, 5) is 11.9. The predicted molar refractivity (Wildman–Crippen MR) is 75.1 cm³/mol. The summed E-state index contributed by atoms with van der Waals surface area (Å²) in [6.07, 6.45) is 0. The summed E-state index contributed by atoms with van der Waals surface area (Å²) in [5.41, 5.74) is 5.91. The molecule has 0 aromatic heterocycles. The molecule has 0 spiro atoms. The molecule has 1 rings (SSSR count). The summed E-state index contributed by atoms with van der Waals surface area (Å²) in [5, 5.41) is 0.586. The number of rotatable bonds is 2. The van der Waals surface area contributed by atoms with Gasteiger partial charge in [-0.1, -0.05) is 0 Å². The van der Waals surface area contributed by atoms with Gasteiger partial charge in [-0.25, -0.2) is 4.79 Å². The van der Waals surface area contributed by atoms with Crippen molar-refractivity contribution in [3.63, 3.8) is 0 Å². The van der Waals surface area contributed by atoms with Crippen molar-refractivity contribution in [3.05, 3.63) is 23.8 Å². The third kappa shape index (κ3) is 4.19. The van der Waals surface area contributed by atoms with Crippen LogP contribution >= 0.6 is 7.14 Å². The maximum absolute atomic E-state index is 12.0. The fourth-order valence-corrected chi connectivity index (χ4v) is 2.31. The summed E-state index contributed by atoms with van der Waals surface area (Å²) < 4.78 is 17.3. The first-order chi connectivity index (χ1) is 7.99. The average Bonchev–Trinajstić information content (AvgIpc) is 2.12. The molecule has 1 aromatic rings. The lowest BCUT2D eigenvalue weighted by atomic mass is 10.1. The van der Waals surface area contributed by atoms with E-state index < -0.39 is 18.7 Å². The Morgan fingerprint density at radius 3 is 2.22 bits per heavy atom. The van der Waals surface area contributed by atoms with E-state index in [9.17, 15) is 9.36 Å². The predicted octanol–water partition coefficient (Wildman–Crippen LogP) is 2.47. The van der Waals surface area contributed by atoms with Crippen LogP contribution in [0.4, 0.5) is 5.69 Å². The fraction of sp³-hybridized carbons (Fsp3) is 0.462. The van der Waals surface area contributed by atoms with Crippen LogP contribution in [0.25, 0.3) is 0 Å². The number of nitrogens with two attached hydrogens (primary N) is 1. The highest BCUT2D eigenvalue weighted by Gasteiger charge is 2.20. The zero-order chi connectivity index (χ0) is 14.1. The van der Waals surface area contributed by atoms with Crippen molar-refractivity contribution in [2.45, 2.75) is 26.4 Å². The first-order valence-corrected chi connectivity index (χ1v) is 8.28. The van der Waals surface area contributed by atoms with Gasteiger partial charge in [0.1, 0.15) is 12.7 Å². The zero-order valence-electron chi connectivity index (χ0n) is 11.5. The number of nitrogen functional groups attached to an aromatic ring is 1. The monoisotopic (exact) mass is 269 g/mol. The lowest BCUT2D eigenvalue weighted by Gasteiger charge is -2.20. The van der Waals surface area contributed by atoms with Crippen molar-refractivity contribution < 1.29 is 14.1 Å². The SMILES string of the molecule is CC(C)(C)OC(=O)c1cc(N)cc(P(C)(C)=O)c1. The summed E-state index contributed by atoms with van der Waals surface area (Å²) in [5.74, 6) is -0.454. The van der Waals surface area contributed by atoms with Gasteiger partial charge < -0.3 is 15.0 Å². The minimum atomic E-state index is -2.45. The molecule has 1 aromatic carbocycles. The van der Waals surface area contributed by atoms with Crippen molar-refractivity contribution in [1.82, 2.24) is 0 Å². The number of carbonyl (C=O) groups excluding carboxylic acids is 1. The van der Waals surface area contributed by atoms with Crippen molar-refractivity contribution in [1.29, 1.82) is 0 Å². The Labute approximate surface area is 108 Å². The summed E-state index contributed by atoms with van der Waals surface area (Å²) >= 11 is 0. The smallest absolute Gasteiger partial charge is 0.338 e. The Kier molecular flexibility index (Phi) is 3.92. The lowest BCUT2D eigenvalue weighted by Crippen LogP contribution is -2.24.